The number of phenolic OH excluding ortho intramolecular Hbond substituents is 1. The number of aromatic hydroxyl groups is 1. The van der Waals surface area contributed by atoms with Gasteiger partial charge in [0.15, 0.2) is 0 Å². The van der Waals surface area contributed by atoms with E-state index in [0.29, 0.717) is 11.4 Å². The Bertz CT molecular complexity index is 364. The lowest BCUT2D eigenvalue weighted by atomic mass is 9.99. The molecule has 0 bridgehead atoms. The maximum absolute atomic E-state index is 9.63. The summed E-state index contributed by atoms with van der Waals surface area (Å²) in [5.74, 6) is 0.761. The minimum absolute atomic E-state index is 0.00632. The molecule has 0 heterocycles. The zero-order valence-corrected chi connectivity index (χ0v) is 9.61. The van der Waals surface area contributed by atoms with Gasteiger partial charge in [-0.25, -0.2) is 0 Å². The molecule has 0 aromatic heterocycles. The molecule has 15 heavy (non-hydrogen) atoms. The summed E-state index contributed by atoms with van der Waals surface area (Å²) in [6.07, 6.45) is 1.81. The first-order valence-electron chi connectivity index (χ1n) is 4.84. The van der Waals surface area contributed by atoms with Crippen LogP contribution in [0, 0.1) is 5.41 Å². The third kappa shape index (κ3) is 3.62. The predicted molar refractivity (Wildman–Crippen MR) is 62.3 cm³/mol. The standard InChI is InChI=1S/C12H17NO2/c1-12(2,3)8-13-10-6-5-9(15-4)7-11(10)14/h5-8,14H,1-4H3. The normalized spacial score (nSPS) is 12.0. The second kappa shape index (κ2) is 4.34. The lowest BCUT2D eigenvalue weighted by Crippen LogP contribution is -2.05. The van der Waals surface area contributed by atoms with Crippen LogP contribution in [0.5, 0.6) is 11.5 Å². The van der Waals surface area contributed by atoms with Gasteiger partial charge in [0, 0.05) is 12.3 Å². The quantitative estimate of drug-likeness (QED) is 0.757. The van der Waals surface area contributed by atoms with Crippen molar-refractivity contribution in [2.24, 2.45) is 10.4 Å². The molecule has 3 nitrogen and oxygen atoms in total. The molecule has 0 unspecified atom stereocenters. The van der Waals surface area contributed by atoms with Gasteiger partial charge in [0.1, 0.15) is 17.2 Å². The van der Waals surface area contributed by atoms with Gasteiger partial charge >= 0.3 is 0 Å². The number of hydrogen-bond acceptors (Lipinski definition) is 3. The summed E-state index contributed by atoms with van der Waals surface area (Å²) >= 11 is 0. The second-order valence-corrected chi connectivity index (χ2v) is 4.48. The van der Waals surface area contributed by atoms with Crippen molar-refractivity contribution in [3.63, 3.8) is 0 Å². The Balaban J connectivity index is 2.92. The molecule has 0 aliphatic heterocycles. The highest BCUT2D eigenvalue weighted by molar-refractivity contribution is 5.70. The van der Waals surface area contributed by atoms with Crippen molar-refractivity contribution >= 4 is 11.9 Å². The molecule has 1 rings (SSSR count). The van der Waals surface area contributed by atoms with Gasteiger partial charge in [0.2, 0.25) is 0 Å². The van der Waals surface area contributed by atoms with Crippen molar-refractivity contribution in [2.75, 3.05) is 7.11 Å². The first kappa shape index (κ1) is 11.6. The fraction of sp³-hybridized carbons (Fsp3) is 0.417. The number of ether oxygens (including phenoxy) is 1. The monoisotopic (exact) mass is 207 g/mol. The summed E-state index contributed by atoms with van der Waals surface area (Å²) < 4.78 is 4.98. The van der Waals surface area contributed by atoms with E-state index in [-0.39, 0.29) is 11.2 Å². The summed E-state index contributed by atoms with van der Waals surface area (Å²) in [5, 5.41) is 9.63. The Labute approximate surface area is 90.4 Å². The van der Waals surface area contributed by atoms with Crippen LogP contribution in [0.25, 0.3) is 0 Å². The zero-order chi connectivity index (χ0) is 11.5. The number of nitrogens with zero attached hydrogens (tertiary/aromatic N) is 1. The van der Waals surface area contributed by atoms with Crippen molar-refractivity contribution in [3.8, 4) is 11.5 Å². The van der Waals surface area contributed by atoms with E-state index in [1.54, 1.807) is 25.3 Å². The smallest absolute Gasteiger partial charge is 0.144 e. The molecular weight excluding hydrogens is 190 g/mol. The number of hydrogen-bond donors (Lipinski definition) is 1. The van der Waals surface area contributed by atoms with Crippen molar-refractivity contribution < 1.29 is 9.84 Å². The molecule has 0 spiro atoms. The van der Waals surface area contributed by atoms with E-state index in [1.807, 2.05) is 6.21 Å². The number of methoxy groups -OCH3 is 1. The number of benzene rings is 1. The first-order chi connectivity index (χ1) is 6.92. The third-order valence-corrected chi connectivity index (χ3v) is 1.77. The second-order valence-electron chi connectivity index (χ2n) is 4.48. The van der Waals surface area contributed by atoms with Gasteiger partial charge in [-0.15, -0.1) is 0 Å². The molecule has 0 aliphatic carbocycles. The van der Waals surface area contributed by atoms with E-state index in [2.05, 4.69) is 25.8 Å². The van der Waals surface area contributed by atoms with E-state index in [9.17, 15) is 5.11 Å². The highest BCUT2D eigenvalue weighted by Gasteiger charge is 2.06. The van der Waals surface area contributed by atoms with Crippen molar-refractivity contribution in [1.82, 2.24) is 0 Å². The van der Waals surface area contributed by atoms with Crippen LogP contribution in [0.3, 0.4) is 0 Å². The number of aliphatic imine (C=N–C) groups is 1. The van der Waals surface area contributed by atoms with Gasteiger partial charge in [0.25, 0.3) is 0 Å². The van der Waals surface area contributed by atoms with Crippen LogP contribution < -0.4 is 4.74 Å². The van der Waals surface area contributed by atoms with Crippen LogP contribution >= 0.6 is 0 Å². The van der Waals surface area contributed by atoms with Crippen LogP contribution in [0.4, 0.5) is 5.69 Å². The Kier molecular flexibility index (Phi) is 3.35. The molecule has 1 aromatic carbocycles. The van der Waals surface area contributed by atoms with Crippen LogP contribution in [0.2, 0.25) is 0 Å². The lowest BCUT2D eigenvalue weighted by molar-refractivity contribution is 0.408. The van der Waals surface area contributed by atoms with Gasteiger partial charge in [-0.2, -0.15) is 0 Å². The summed E-state index contributed by atoms with van der Waals surface area (Å²) in [7, 11) is 1.56. The maximum Gasteiger partial charge on any atom is 0.144 e. The molecule has 0 fully saturated rings. The minimum atomic E-state index is 0.00632. The van der Waals surface area contributed by atoms with Crippen molar-refractivity contribution in [1.29, 1.82) is 0 Å². The largest absolute Gasteiger partial charge is 0.506 e. The van der Waals surface area contributed by atoms with Gasteiger partial charge < -0.3 is 9.84 Å². The molecule has 0 radical (unpaired) electrons. The van der Waals surface area contributed by atoms with Crippen molar-refractivity contribution in [2.45, 2.75) is 20.8 Å². The molecule has 1 aromatic rings. The molecule has 82 valence electrons. The lowest BCUT2D eigenvalue weighted by Gasteiger charge is -2.10. The highest BCUT2D eigenvalue weighted by Crippen LogP contribution is 2.30. The van der Waals surface area contributed by atoms with E-state index in [0.717, 1.165) is 0 Å². The topological polar surface area (TPSA) is 41.8 Å². The molecule has 3 heteroatoms. The average molecular weight is 207 g/mol. The molecule has 0 aliphatic rings. The zero-order valence-electron chi connectivity index (χ0n) is 9.61. The van der Waals surface area contributed by atoms with E-state index in [1.165, 1.54) is 0 Å². The predicted octanol–water partition coefficient (Wildman–Crippen LogP) is 3.15. The molecule has 0 saturated carbocycles. The van der Waals surface area contributed by atoms with Crippen LogP contribution in [-0.4, -0.2) is 18.4 Å². The Morgan fingerprint density at radius 2 is 2.00 bits per heavy atom. The average Bonchev–Trinajstić information content (AvgIpc) is 2.14. The van der Waals surface area contributed by atoms with Crippen molar-refractivity contribution in [3.05, 3.63) is 18.2 Å². The van der Waals surface area contributed by atoms with E-state index in [4.69, 9.17) is 4.74 Å². The first-order valence-corrected chi connectivity index (χ1v) is 4.84. The van der Waals surface area contributed by atoms with E-state index < -0.39 is 0 Å². The van der Waals surface area contributed by atoms with Gasteiger partial charge in [-0.1, -0.05) is 20.8 Å². The summed E-state index contributed by atoms with van der Waals surface area (Å²) in [6.45, 7) is 6.16. The van der Waals surface area contributed by atoms with Gasteiger partial charge in [-0.05, 0) is 17.5 Å². The maximum atomic E-state index is 9.63. The van der Waals surface area contributed by atoms with Crippen LogP contribution in [-0.2, 0) is 0 Å². The minimum Gasteiger partial charge on any atom is -0.506 e. The number of phenols is 1. The molecule has 0 atom stereocenters. The number of rotatable bonds is 2. The van der Waals surface area contributed by atoms with Gasteiger partial charge in [0.05, 0.1) is 7.11 Å². The summed E-state index contributed by atoms with van der Waals surface area (Å²) in [4.78, 5) is 4.22. The highest BCUT2D eigenvalue weighted by atomic mass is 16.5. The molecule has 0 saturated heterocycles. The van der Waals surface area contributed by atoms with Gasteiger partial charge in [-0.3, -0.25) is 4.99 Å². The van der Waals surface area contributed by atoms with Crippen LogP contribution in [0.1, 0.15) is 20.8 Å². The Hall–Kier alpha value is -1.51. The fourth-order valence-corrected chi connectivity index (χ4v) is 1.00. The molecule has 1 N–H and O–H groups in total. The van der Waals surface area contributed by atoms with E-state index >= 15 is 0 Å². The summed E-state index contributed by atoms with van der Waals surface area (Å²) in [5.41, 5.74) is 0.567. The SMILES string of the molecule is COc1ccc(N=CC(C)(C)C)c(O)c1. The van der Waals surface area contributed by atoms with Crippen LogP contribution in [0.15, 0.2) is 23.2 Å². The fourth-order valence-electron chi connectivity index (χ4n) is 1.00. The third-order valence-electron chi connectivity index (χ3n) is 1.77. The Morgan fingerprint density at radius 3 is 2.47 bits per heavy atom. The summed E-state index contributed by atoms with van der Waals surface area (Å²) in [6, 6.07) is 5.06. The molecular formula is C12H17NO2. The Morgan fingerprint density at radius 1 is 1.33 bits per heavy atom. The molecule has 0 amide bonds.